The molecule has 0 spiro atoms. The fourth-order valence-electron chi connectivity index (χ4n) is 7.85. The fraction of sp³-hybridized carbons (Fsp3) is 0.347. The number of hydrazone groups is 2. The van der Waals surface area contributed by atoms with Gasteiger partial charge in [0.1, 0.15) is 45.6 Å². The molecule has 0 unspecified atom stereocenters. The van der Waals surface area contributed by atoms with E-state index in [0.717, 1.165) is 62.5 Å². The third-order valence-corrected chi connectivity index (χ3v) is 11.1. The van der Waals surface area contributed by atoms with E-state index in [-0.39, 0.29) is 34.4 Å². The molecule has 304 valence electrons. The lowest BCUT2D eigenvalue weighted by Gasteiger charge is -2.42. The van der Waals surface area contributed by atoms with Gasteiger partial charge in [-0.15, -0.1) is 5.12 Å². The van der Waals surface area contributed by atoms with Crippen molar-refractivity contribution in [1.29, 1.82) is 0 Å². The molecule has 0 fully saturated rings. The Hall–Kier alpha value is -5.96. The number of hydrogen-bond donors (Lipinski definition) is 4. The lowest BCUT2D eigenvalue weighted by atomic mass is 9.63. The van der Waals surface area contributed by atoms with E-state index >= 15 is 0 Å². The topological polar surface area (TPSA) is 127 Å². The third kappa shape index (κ3) is 8.21. The second kappa shape index (κ2) is 18.5. The first kappa shape index (κ1) is 41.7. The van der Waals surface area contributed by atoms with Gasteiger partial charge >= 0.3 is 0 Å². The molecule has 9 nitrogen and oxygen atoms in total. The lowest BCUT2D eigenvalue weighted by molar-refractivity contribution is 0.301. The van der Waals surface area contributed by atoms with E-state index < -0.39 is 5.41 Å². The Morgan fingerprint density at radius 2 is 1.05 bits per heavy atom. The first-order valence-corrected chi connectivity index (χ1v) is 20.6. The number of aryl methyl sites for hydroxylation is 2. The molecule has 1 aliphatic rings. The summed E-state index contributed by atoms with van der Waals surface area (Å²) < 4.78 is 12.3. The average Bonchev–Trinajstić information content (AvgIpc) is 3.21. The van der Waals surface area contributed by atoms with Crippen LogP contribution in [-0.4, -0.2) is 45.1 Å². The molecule has 4 N–H and O–H groups in total. The normalized spacial score (nSPS) is 13.6. The molecule has 1 heterocycles. The van der Waals surface area contributed by atoms with Crippen LogP contribution in [0.2, 0.25) is 0 Å². The maximum absolute atomic E-state index is 12.3. The molecule has 5 aromatic rings. The number of para-hydroxylation sites is 2. The van der Waals surface area contributed by atoms with Crippen LogP contribution in [0.15, 0.2) is 101 Å². The number of unbranched alkanes of at least 4 members (excludes halogenated alkanes) is 6. The van der Waals surface area contributed by atoms with Gasteiger partial charge in [0.2, 0.25) is 0 Å². The molecule has 0 aliphatic carbocycles. The molecular formula is C49H57N3O6. The van der Waals surface area contributed by atoms with Crippen molar-refractivity contribution in [2.75, 3.05) is 18.3 Å². The number of aromatic hydroxyl groups is 4. The van der Waals surface area contributed by atoms with Crippen molar-refractivity contribution in [2.24, 2.45) is 10.2 Å². The van der Waals surface area contributed by atoms with Gasteiger partial charge < -0.3 is 29.9 Å². The SMILES string of the molecule is CCCCCCOc1ccc(C2=NN(c3ccc(OCCCCCC)c(C)c3O)N=C(c3ccc(C)cc3C)C2(c2ccccc2O)c2ccccc2O)c(O)c1C. The van der Waals surface area contributed by atoms with Gasteiger partial charge in [-0.25, -0.2) is 0 Å². The van der Waals surface area contributed by atoms with E-state index in [1.165, 1.54) is 5.12 Å². The predicted molar refractivity (Wildman–Crippen MR) is 233 cm³/mol. The van der Waals surface area contributed by atoms with Crippen LogP contribution in [0.3, 0.4) is 0 Å². The van der Waals surface area contributed by atoms with Crippen LogP contribution in [-0.2, 0) is 5.41 Å². The van der Waals surface area contributed by atoms with Crippen molar-refractivity contribution in [3.05, 3.63) is 136 Å². The molecule has 0 bridgehead atoms. The number of benzene rings is 5. The van der Waals surface area contributed by atoms with E-state index in [9.17, 15) is 20.4 Å². The summed E-state index contributed by atoms with van der Waals surface area (Å²) in [6, 6.07) is 27.0. The Labute approximate surface area is 342 Å². The number of ether oxygens (including phenoxy) is 2. The molecule has 0 atom stereocenters. The first-order valence-electron chi connectivity index (χ1n) is 20.6. The Morgan fingerprint density at radius 1 is 0.552 bits per heavy atom. The van der Waals surface area contributed by atoms with Crippen molar-refractivity contribution < 1.29 is 29.9 Å². The summed E-state index contributed by atoms with van der Waals surface area (Å²) in [7, 11) is 0. The van der Waals surface area contributed by atoms with Crippen LogP contribution in [0.1, 0.15) is 110 Å². The molecule has 9 heteroatoms. The van der Waals surface area contributed by atoms with Gasteiger partial charge in [0.05, 0.1) is 24.6 Å². The molecule has 58 heavy (non-hydrogen) atoms. The molecule has 6 rings (SSSR count). The van der Waals surface area contributed by atoms with Gasteiger partial charge in [0.15, 0.2) is 0 Å². The van der Waals surface area contributed by atoms with Gasteiger partial charge in [-0.1, -0.05) is 113 Å². The summed E-state index contributed by atoms with van der Waals surface area (Å²) in [5.41, 5.74) is 4.09. The number of nitrogens with zero attached hydrogens (tertiary/aromatic N) is 3. The van der Waals surface area contributed by atoms with Crippen molar-refractivity contribution in [3.8, 4) is 34.5 Å². The van der Waals surface area contributed by atoms with Gasteiger partial charge in [0.25, 0.3) is 0 Å². The highest BCUT2D eigenvalue weighted by atomic mass is 16.5. The Balaban J connectivity index is 1.65. The zero-order valence-electron chi connectivity index (χ0n) is 34.7. The molecule has 0 saturated heterocycles. The van der Waals surface area contributed by atoms with Crippen molar-refractivity contribution in [2.45, 2.75) is 98.3 Å². The maximum atomic E-state index is 12.3. The number of rotatable bonds is 17. The maximum Gasteiger partial charge on any atom is 0.149 e. The van der Waals surface area contributed by atoms with Crippen LogP contribution in [0.25, 0.3) is 0 Å². The molecule has 0 amide bonds. The minimum Gasteiger partial charge on any atom is -0.508 e. The minimum absolute atomic E-state index is 0.0632. The summed E-state index contributed by atoms with van der Waals surface area (Å²) in [6.07, 6.45) is 8.41. The fourth-order valence-corrected chi connectivity index (χ4v) is 7.85. The van der Waals surface area contributed by atoms with Crippen LogP contribution in [0.5, 0.6) is 34.5 Å². The van der Waals surface area contributed by atoms with Crippen LogP contribution in [0, 0.1) is 27.7 Å². The second-order valence-corrected chi connectivity index (χ2v) is 15.2. The molecule has 5 aromatic carbocycles. The summed E-state index contributed by atoms with van der Waals surface area (Å²) in [4.78, 5) is 0. The van der Waals surface area contributed by atoms with E-state index in [0.29, 0.717) is 63.8 Å². The van der Waals surface area contributed by atoms with E-state index in [1.807, 2.05) is 50.2 Å². The largest absolute Gasteiger partial charge is 0.508 e. The summed E-state index contributed by atoms with van der Waals surface area (Å²) in [5.74, 6) is 0.840. The monoisotopic (exact) mass is 783 g/mol. The van der Waals surface area contributed by atoms with Crippen LogP contribution in [0.4, 0.5) is 5.69 Å². The van der Waals surface area contributed by atoms with E-state index in [1.54, 1.807) is 62.4 Å². The molecule has 0 radical (unpaired) electrons. The van der Waals surface area contributed by atoms with Crippen molar-refractivity contribution >= 4 is 17.1 Å². The summed E-state index contributed by atoms with van der Waals surface area (Å²) in [6.45, 7) is 13.0. The third-order valence-electron chi connectivity index (χ3n) is 11.1. The standard InChI is InChI=1S/C49H57N3O6/c1-7-9-11-17-29-57-43-27-25-37(45(55)34(43)5)48-49(38-19-13-15-21-41(38)53,39-20-14-16-22-42(39)54)47(36-24-23-32(3)31-33(36)4)50-52(51-48)40-26-28-44(35(6)46(40)56)58-30-18-12-10-8-2/h13-16,19-28,31,53-56H,7-12,17-18,29-30H2,1-6H3. The van der Waals surface area contributed by atoms with Crippen molar-refractivity contribution in [3.63, 3.8) is 0 Å². The van der Waals surface area contributed by atoms with Gasteiger partial charge in [-0.3, -0.25) is 0 Å². The highest BCUT2D eigenvalue weighted by molar-refractivity contribution is 6.32. The van der Waals surface area contributed by atoms with Gasteiger partial charge in [0, 0.05) is 33.4 Å². The quantitative estimate of drug-likeness (QED) is 0.0691. The molecular weight excluding hydrogens is 727 g/mol. The Morgan fingerprint density at radius 3 is 1.59 bits per heavy atom. The van der Waals surface area contributed by atoms with Gasteiger partial charge in [-0.2, -0.15) is 10.2 Å². The van der Waals surface area contributed by atoms with E-state index in [2.05, 4.69) is 19.9 Å². The highest BCUT2D eigenvalue weighted by Crippen LogP contribution is 2.51. The summed E-state index contributed by atoms with van der Waals surface area (Å²) in [5, 5.41) is 59.9. The van der Waals surface area contributed by atoms with E-state index in [4.69, 9.17) is 19.7 Å². The lowest BCUT2D eigenvalue weighted by Crippen LogP contribution is -2.50. The van der Waals surface area contributed by atoms with Crippen LogP contribution >= 0.6 is 0 Å². The smallest absolute Gasteiger partial charge is 0.149 e. The average molecular weight is 784 g/mol. The second-order valence-electron chi connectivity index (χ2n) is 15.2. The Kier molecular flexibility index (Phi) is 13.3. The molecule has 1 aliphatic heterocycles. The number of phenolic OH excluding ortho intramolecular Hbond substituents is 4. The van der Waals surface area contributed by atoms with Gasteiger partial charge in [-0.05, 0) is 82.5 Å². The predicted octanol–water partition coefficient (Wildman–Crippen LogP) is 11.3. The number of anilines is 1. The Bertz CT molecular complexity index is 2250. The minimum atomic E-state index is -1.62. The highest BCUT2D eigenvalue weighted by Gasteiger charge is 2.53. The first-order chi connectivity index (χ1) is 28.0. The number of hydrogen-bond acceptors (Lipinski definition) is 9. The van der Waals surface area contributed by atoms with Crippen LogP contribution < -0.4 is 14.6 Å². The zero-order chi connectivity index (χ0) is 41.4. The molecule has 0 aromatic heterocycles. The van der Waals surface area contributed by atoms with Crippen molar-refractivity contribution in [1.82, 2.24) is 0 Å². The molecule has 0 saturated carbocycles. The zero-order valence-corrected chi connectivity index (χ0v) is 34.7. The number of phenols is 4. The summed E-state index contributed by atoms with van der Waals surface area (Å²) >= 11 is 0.